The van der Waals surface area contributed by atoms with Gasteiger partial charge in [0.1, 0.15) is 22.3 Å². The van der Waals surface area contributed by atoms with E-state index in [9.17, 15) is 40.3 Å². The van der Waals surface area contributed by atoms with E-state index in [2.05, 4.69) is 20.6 Å². The minimum Gasteiger partial charge on any atom is -0.338 e. The number of Topliss-reactive ketones (excluding diaryl/α,β-unsaturated/α-hetero) is 1. The van der Waals surface area contributed by atoms with Crippen molar-refractivity contribution in [2.45, 2.75) is 29.6 Å². The number of hydrogen-bond acceptors (Lipinski definition) is 9. The fourth-order valence-electron chi connectivity index (χ4n) is 8.51. The lowest BCUT2D eigenvalue weighted by Crippen LogP contribution is -2.13. The Morgan fingerprint density at radius 2 is 1.10 bits per heavy atom. The van der Waals surface area contributed by atoms with Crippen molar-refractivity contribution >= 4 is 92.8 Å². The smallest absolute Gasteiger partial charge is 0.295 e. The van der Waals surface area contributed by atoms with Crippen LogP contribution < -0.4 is 10.6 Å². The maximum absolute atomic E-state index is 13.5. The molecule has 0 spiro atoms. The van der Waals surface area contributed by atoms with E-state index in [1.165, 1.54) is 18.2 Å². The lowest BCUT2D eigenvalue weighted by Gasteiger charge is -2.12. The molecule has 0 aliphatic rings. The Kier molecular flexibility index (Phi) is 11.2. The minimum atomic E-state index is -4.59. The second-order valence-corrected chi connectivity index (χ2v) is 19.5. The summed E-state index contributed by atoms with van der Waals surface area (Å²) in [4.78, 5) is 55.8. The number of hydrogen-bond donors (Lipinski definition) is 6. The molecule has 0 aliphatic heterocycles. The van der Waals surface area contributed by atoms with E-state index in [0.29, 0.717) is 55.4 Å². The Bertz CT molecular complexity index is 4010. The van der Waals surface area contributed by atoms with Crippen LogP contribution in [-0.4, -0.2) is 63.5 Å². The summed E-state index contributed by atoms with van der Waals surface area (Å²) >= 11 is 0. The third-order valence-electron chi connectivity index (χ3n) is 11.7. The summed E-state index contributed by atoms with van der Waals surface area (Å²) in [6.07, 6.45) is 0.308. The number of carbonyl (C=O) groups excluding carboxylic acids is 3. The summed E-state index contributed by atoms with van der Waals surface area (Å²) in [6, 6.07) is 42.4. The lowest BCUT2D eigenvalue weighted by atomic mass is 10.00. The molecule has 0 radical (unpaired) electrons. The lowest BCUT2D eigenvalue weighted by molar-refractivity contribution is -0.117. The minimum absolute atomic E-state index is 0.0234. The zero-order chi connectivity index (χ0) is 48.2. The molecule has 0 atom stereocenters. The summed E-state index contributed by atoms with van der Waals surface area (Å²) in [7, 11) is -9.13. The number of anilines is 2. The highest BCUT2D eigenvalue weighted by atomic mass is 32.2. The predicted octanol–water partition coefficient (Wildman–Crippen LogP) is 9.74. The molecule has 6 N–H and O–H groups in total. The highest BCUT2D eigenvalue weighted by Crippen LogP contribution is 2.33. The zero-order valence-electron chi connectivity index (χ0n) is 36.3. The van der Waals surface area contributed by atoms with E-state index >= 15 is 0 Å². The predicted molar refractivity (Wildman–Crippen MR) is 264 cm³/mol. The van der Waals surface area contributed by atoms with Gasteiger partial charge in [0.15, 0.2) is 0 Å². The van der Waals surface area contributed by atoms with Crippen molar-refractivity contribution in [1.82, 2.24) is 19.9 Å². The van der Waals surface area contributed by atoms with Crippen LogP contribution in [-0.2, 0) is 37.9 Å². The number of aryl methyl sites for hydroxylation is 1. The molecule has 69 heavy (non-hydrogen) atoms. The number of benzene rings is 8. The zero-order valence-corrected chi connectivity index (χ0v) is 37.9. The van der Waals surface area contributed by atoms with E-state index in [4.69, 9.17) is 9.97 Å². The molecule has 342 valence electrons. The van der Waals surface area contributed by atoms with Crippen molar-refractivity contribution in [1.29, 1.82) is 0 Å². The quantitative estimate of drug-likeness (QED) is 0.0630. The molecular formula is C52H38N6O9S2. The first-order chi connectivity index (χ1) is 33.0. The van der Waals surface area contributed by atoms with E-state index in [1.807, 2.05) is 48.5 Å². The van der Waals surface area contributed by atoms with Crippen LogP contribution in [0.3, 0.4) is 0 Å². The van der Waals surface area contributed by atoms with Gasteiger partial charge in [0.25, 0.3) is 32.1 Å². The van der Waals surface area contributed by atoms with Crippen LogP contribution in [0.5, 0.6) is 0 Å². The number of aromatic amines is 2. The van der Waals surface area contributed by atoms with Crippen molar-refractivity contribution < 1.29 is 40.3 Å². The molecule has 8 aromatic carbocycles. The molecule has 17 heteroatoms. The van der Waals surface area contributed by atoms with Gasteiger partial charge < -0.3 is 20.6 Å². The molecule has 10 aromatic rings. The molecule has 15 nitrogen and oxygen atoms in total. The van der Waals surface area contributed by atoms with Gasteiger partial charge in [-0.25, -0.2) is 9.97 Å². The number of imidazole rings is 2. The maximum atomic E-state index is 13.5. The van der Waals surface area contributed by atoms with Crippen molar-refractivity contribution in [3.05, 3.63) is 179 Å². The largest absolute Gasteiger partial charge is 0.338 e. The molecule has 0 unspecified atom stereocenters. The van der Waals surface area contributed by atoms with Gasteiger partial charge in [0.05, 0.1) is 38.3 Å². The first kappa shape index (κ1) is 44.5. The SMILES string of the molecule is Cc1cc(S(=O)(=O)O)c2c(NC(=O)c3ccc4nc(-c5cccc(CC(=O)Cc6cccc(-c7nc8ccc(C(=O)Nc9cc(S(=O)(=O)O)cc%10ccccc9%10)cc8[nH]7)c6)c5)[nH]c4c3)cccc2c1. The van der Waals surface area contributed by atoms with E-state index in [0.717, 1.165) is 22.3 Å². The number of rotatable bonds is 12. The van der Waals surface area contributed by atoms with Crippen molar-refractivity contribution in [2.75, 3.05) is 10.6 Å². The molecule has 10 rings (SSSR count). The first-order valence-corrected chi connectivity index (χ1v) is 24.2. The average Bonchev–Trinajstić information content (AvgIpc) is 3.95. The van der Waals surface area contributed by atoms with Gasteiger partial charge in [0, 0.05) is 45.9 Å². The van der Waals surface area contributed by atoms with E-state index in [-0.39, 0.29) is 56.3 Å². The molecule has 2 aromatic heterocycles. The summed E-state index contributed by atoms with van der Waals surface area (Å²) in [6.45, 7) is 1.72. The van der Waals surface area contributed by atoms with E-state index in [1.54, 1.807) is 91.9 Å². The summed E-state index contributed by atoms with van der Waals surface area (Å²) in [5.41, 5.74) is 7.04. The highest BCUT2D eigenvalue weighted by Gasteiger charge is 2.21. The second kappa shape index (κ2) is 17.4. The molecule has 0 bridgehead atoms. The Labute approximate surface area is 393 Å². The van der Waals surface area contributed by atoms with Gasteiger partial charge in [-0.1, -0.05) is 78.9 Å². The number of ketones is 1. The topological polar surface area (TPSA) is 241 Å². The number of amides is 2. The van der Waals surface area contributed by atoms with Crippen LogP contribution in [0.15, 0.2) is 161 Å². The molecule has 0 saturated heterocycles. The van der Waals surface area contributed by atoms with E-state index < -0.39 is 32.1 Å². The number of fused-ring (bicyclic) bond motifs is 4. The number of carbonyl (C=O) groups is 3. The number of nitrogens with one attached hydrogen (secondary N) is 4. The molecule has 0 aliphatic carbocycles. The summed E-state index contributed by atoms with van der Waals surface area (Å²) in [5.74, 6) is 0.0457. The number of H-pyrrole nitrogens is 2. The van der Waals surface area contributed by atoms with Gasteiger partial charge in [-0.05, 0) is 107 Å². The molecule has 2 heterocycles. The van der Waals surface area contributed by atoms with Crippen molar-refractivity contribution in [3.63, 3.8) is 0 Å². The Morgan fingerprint density at radius 3 is 1.68 bits per heavy atom. The van der Waals surface area contributed by atoms with Crippen LogP contribution in [0.4, 0.5) is 11.4 Å². The van der Waals surface area contributed by atoms with Gasteiger partial charge in [-0.15, -0.1) is 0 Å². The Balaban J connectivity index is 0.813. The van der Waals surface area contributed by atoms with Crippen molar-refractivity contribution in [3.8, 4) is 22.8 Å². The standard InChI is InChI=1S/C52H38N6O9S2/c1-29-19-33-10-6-14-43(48(33)47(20-29)69(65,66)67)57-51(60)36-15-17-41-45(26-36)55-49(53-41)34-11-4-7-30(21-34)23-38(59)24-31-8-5-12-35(22-31)50-54-42-18-16-37(27-46(42)56-50)52(61)58-44-28-39(68(62,63)64)25-32-9-2-3-13-40(32)44/h2-22,25-28H,23-24H2,1H3,(H,53,55)(H,54,56)(H,57,60)(H,58,61)(H,62,63,64)(H,65,66,67). The average molecular weight is 955 g/mol. The summed E-state index contributed by atoms with van der Waals surface area (Å²) in [5, 5.41) is 7.44. The van der Waals surface area contributed by atoms with Crippen LogP contribution >= 0.6 is 0 Å². The third-order valence-corrected chi connectivity index (χ3v) is 13.4. The first-order valence-electron chi connectivity index (χ1n) is 21.4. The van der Waals surface area contributed by atoms with Crippen LogP contribution in [0, 0.1) is 6.92 Å². The fourth-order valence-corrected chi connectivity index (χ4v) is 9.88. The van der Waals surface area contributed by atoms with Gasteiger partial charge >= 0.3 is 0 Å². The molecule has 0 saturated carbocycles. The van der Waals surface area contributed by atoms with Gasteiger partial charge in [-0.2, -0.15) is 16.8 Å². The highest BCUT2D eigenvalue weighted by molar-refractivity contribution is 7.86. The number of nitrogens with zero attached hydrogens (tertiary/aromatic N) is 2. The number of aromatic nitrogens is 4. The monoisotopic (exact) mass is 954 g/mol. The Hall–Kier alpha value is -8.35. The second-order valence-electron chi connectivity index (χ2n) is 16.6. The van der Waals surface area contributed by atoms with Crippen LogP contribution in [0.25, 0.3) is 66.4 Å². The summed E-state index contributed by atoms with van der Waals surface area (Å²) < 4.78 is 68.2. The third kappa shape index (κ3) is 9.22. The normalized spacial score (nSPS) is 11.9. The molecule has 2 amide bonds. The van der Waals surface area contributed by atoms with Crippen molar-refractivity contribution in [2.24, 2.45) is 0 Å². The van der Waals surface area contributed by atoms with Crippen LogP contribution in [0.1, 0.15) is 37.4 Å². The van der Waals surface area contributed by atoms with Crippen LogP contribution in [0.2, 0.25) is 0 Å². The molecular weight excluding hydrogens is 917 g/mol. The fraction of sp³-hybridized carbons (Fsp3) is 0.0577. The van der Waals surface area contributed by atoms with Gasteiger partial charge in [-0.3, -0.25) is 23.5 Å². The van der Waals surface area contributed by atoms with Gasteiger partial charge in [0.2, 0.25) is 0 Å². The molecule has 0 fully saturated rings. The Morgan fingerprint density at radius 1 is 0.551 bits per heavy atom. The maximum Gasteiger partial charge on any atom is 0.295 e.